The number of phenols is 1. The number of hydrogen-bond acceptors (Lipinski definition) is 4. The third-order valence-electron chi connectivity index (χ3n) is 3.63. The highest BCUT2D eigenvalue weighted by molar-refractivity contribution is 6.05. The van der Waals surface area contributed by atoms with Crippen molar-refractivity contribution in [3.05, 3.63) is 42.0 Å². The highest BCUT2D eigenvalue weighted by Crippen LogP contribution is 2.30. The average Bonchev–Trinajstić information content (AvgIpc) is 2.56. The molecule has 0 spiro atoms. The molecule has 0 fully saturated rings. The molecular formula is C15H20N2O2. The van der Waals surface area contributed by atoms with E-state index in [9.17, 15) is 10.3 Å². The van der Waals surface area contributed by atoms with E-state index in [1.807, 2.05) is 18.2 Å². The van der Waals surface area contributed by atoms with Gasteiger partial charge >= 0.3 is 0 Å². The Labute approximate surface area is 113 Å². The monoisotopic (exact) mass is 260 g/mol. The van der Waals surface area contributed by atoms with Gasteiger partial charge in [-0.3, -0.25) is 4.90 Å². The molecule has 4 nitrogen and oxygen atoms in total. The van der Waals surface area contributed by atoms with Crippen molar-refractivity contribution in [2.45, 2.75) is 19.9 Å². The maximum atomic E-state index is 10.1. The SMILES string of the molecule is C=CCN1Cc2cccc(O)c2/C(=N/O)C(CC)C1. The van der Waals surface area contributed by atoms with Crippen molar-refractivity contribution in [3.8, 4) is 5.75 Å². The van der Waals surface area contributed by atoms with Crippen molar-refractivity contribution in [2.75, 3.05) is 13.1 Å². The Morgan fingerprint density at radius 1 is 1.53 bits per heavy atom. The van der Waals surface area contributed by atoms with Crippen molar-refractivity contribution in [1.29, 1.82) is 0 Å². The van der Waals surface area contributed by atoms with Crippen molar-refractivity contribution in [3.63, 3.8) is 0 Å². The second-order valence-corrected chi connectivity index (χ2v) is 4.88. The molecular weight excluding hydrogens is 240 g/mol. The normalized spacial score (nSPS) is 21.9. The maximum Gasteiger partial charge on any atom is 0.125 e. The standard InChI is InChI=1S/C15H20N2O2/c1-3-8-17-9-11(4-2)15(16-19)14-12(10-17)6-5-7-13(14)18/h3,5-7,11,18-19H,1,4,8-10H2,2H3/b16-15+. The van der Waals surface area contributed by atoms with Gasteiger partial charge in [-0.2, -0.15) is 0 Å². The third-order valence-corrected chi connectivity index (χ3v) is 3.63. The molecule has 4 heteroatoms. The molecule has 102 valence electrons. The molecule has 1 aromatic rings. The fourth-order valence-corrected chi connectivity index (χ4v) is 2.70. The molecule has 0 saturated heterocycles. The highest BCUT2D eigenvalue weighted by atomic mass is 16.4. The molecule has 2 N–H and O–H groups in total. The fraction of sp³-hybridized carbons (Fsp3) is 0.400. The smallest absolute Gasteiger partial charge is 0.125 e. The first kappa shape index (κ1) is 13.6. The van der Waals surface area contributed by atoms with Crippen LogP contribution in [-0.2, 0) is 6.54 Å². The van der Waals surface area contributed by atoms with Gasteiger partial charge in [0, 0.05) is 31.1 Å². The number of hydrogen-bond donors (Lipinski definition) is 2. The van der Waals surface area contributed by atoms with Gasteiger partial charge in [0.05, 0.1) is 5.71 Å². The van der Waals surface area contributed by atoms with E-state index in [4.69, 9.17) is 0 Å². The molecule has 2 rings (SSSR count). The molecule has 0 bridgehead atoms. The summed E-state index contributed by atoms with van der Waals surface area (Å²) in [4.78, 5) is 2.25. The van der Waals surface area contributed by atoms with Crippen LogP contribution in [0.2, 0.25) is 0 Å². The van der Waals surface area contributed by atoms with Crippen LogP contribution >= 0.6 is 0 Å². The number of aromatic hydroxyl groups is 1. The van der Waals surface area contributed by atoms with Crippen LogP contribution in [0.4, 0.5) is 0 Å². The topological polar surface area (TPSA) is 56.1 Å². The Kier molecular flexibility index (Phi) is 4.22. The zero-order valence-corrected chi connectivity index (χ0v) is 11.2. The van der Waals surface area contributed by atoms with Crippen molar-refractivity contribution < 1.29 is 10.3 Å². The maximum absolute atomic E-state index is 10.1. The van der Waals surface area contributed by atoms with E-state index in [2.05, 4.69) is 23.6 Å². The molecule has 1 aromatic carbocycles. The van der Waals surface area contributed by atoms with Crippen molar-refractivity contribution >= 4 is 5.71 Å². The first-order valence-electron chi connectivity index (χ1n) is 6.57. The van der Waals surface area contributed by atoms with Gasteiger partial charge < -0.3 is 10.3 Å². The van der Waals surface area contributed by atoms with Crippen LogP contribution in [0.25, 0.3) is 0 Å². The van der Waals surface area contributed by atoms with Gasteiger partial charge in [-0.1, -0.05) is 30.3 Å². The van der Waals surface area contributed by atoms with Gasteiger partial charge in [-0.25, -0.2) is 0 Å². The van der Waals surface area contributed by atoms with Crippen LogP contribution in [0.1, 0.15) is 24.5 Å². The largest absolute Gasteiger partial charge is 0.507 e. The van der Waals surface area contributed by atoms with Gasteiger partial charge in [-0.05, 0) is 18.1 Å². The van der Waals surface area contributed by atoms with Gasteiger partial charge in [0.1, 0.15) is 5.75 Å². The lowest BCUT2D eigenvalue weighted by atomic mass is 9.92. The van der Waals surface area contributed by atoms with Crippen LogP contribution in [-0.4, -0.2) is 34.0 Å². The highest BCUT2D eigenvalue weighted by Gasteiger charge is 2.28. The predicted molar refractivity (Wildman–Crippen MR) is 75.7 cm³/mol. The lowest BCUT2D eigenvalue weighted by Crippen LogP contribution is -2.29. The quantitative estimate of drug-likeness (QED) is 0.499. The summed E-state index contributed by atoms with van der Waals surface area (Å²) in [5.41, 5.74) is 2.26. The summed E-state index contributed by atoms with van der Waals surface area (Å²) >= 11 is 0. The van der Waals surface area contributed by atoms with Gasteiger partial charge in [0.25, 0.3) is 0 Å². The Morgan fingerprint density at radius 2 is 2.32 bits per heavy atom. The Morgan fingerprint density at radius 3 is 2.95 bits per heavy atom. The average molecular weight is 260 g/mol. The molecule has 1 aliphatic rings. The lowest BCUT2D eigenvalue weighted by Gasteiger charge is -2.22. The molecule has 0 aromatic heterocycles. The molecule has 1 aliphatic heterocycles. The predicted octanol–water partition coefficient (Wildman–Crippen LogP) is 2.60. The van der Waals surface area contributed by atoms with E-state index in [0.29, 0.717) is 11.3 Å². The molecule has 0 amide bonds. The number of phenolic OH excluding ortho intramolecular Hbond substituents is 1. The third kappa shape index (κ3) is 2.63. The number of oxime groups is 1. The Balaban J connectivity index is 2.51. The summed E-state index contributed by atoms with van der Waals surface area (Å²) in [7, 11) is 0. The number of rotatable bonds is 3. The first-order chi connectivity index (χ1) is 9.21. The zero-order valence-electron chi connectivity index (χ0n) is 11.2. The summed E-state index contributed by atoms with van der Waals surface area (Å²) in [6, 6.07) is 5.43. The minimum atomic E-state index is 0.111. The molecule has 0 radical (unpaired) electrons. The number of benzene rings is 1. The van der Waals surface area contributed by atoms with Crippen LogP contribution < -0.4 is 0 Å². The van der Waals surface area contributed by atoms with Crippen LogP contribution in [0, 0.1) is 5.92 Å². The summed E-state index contributed by atoms with van der Waals surface area (Å²) in [5, 5.41) is 22.9. The summed E-state index contributed by atoms with van der Waals surface area (Å²) in [6.45, 7) is 8.15. The minimum absolute atomic E-state index is 0.111. The molecule has 1 heterocycles. The van der Waals surface area contributed by atoms with Crippen LogP contribution in [0.3, 0.4) is 0 Å². The van der Waals surface area contributed by atoms with Crippen LogP contribution in [0.15, 0.2) is 36.0 Å². The molecule has 0 aliphatic carbocycles. The summed E-state index contributed by atoms with van der Waals surface area (Å²) < 4.78 is 0. The van der Waals surface area contributed by atoms with E-state index >= 15 is 0 Å². The van der Waals surface area contributed by atoms with Crippen molar-refractivity contribution in [2.24, 2.45) is 11.1 Å². The second-order valence-electron chi connectivity index (χ2n) is 4.88. The van der Waals surface area contributed by atoms with Gasteiger partial charge in [-0.15, -0.1) is 6.58 Å². The summed E-state index contributed by atoms with van der Waals surface area (Å²) in [5.74, 6) is 0.295. The molecule has 19 heavy (non-hydrogen) atoms. The van der Waals surface area contributed by atoms with Gasteiger partial charge in [0.15, 0.2) is 0 Å². The van der Waals surface area contributed by atoms with E-state index in [1.54, 1.807) is 6.07 Å². The second kappa shape index (κ2) is 5.89. The minimum Gasteiger partial charge on any atom is -0.507 e. The molecule has 1 unspecified atom stereocenters. The first-order valence-corrected chi connectivity index (χ1v) is 6.57. The summed E-state index contributed by atoms with van der Waals surface area (Å²) in [6.07, 6.45) is 2.73. The lowest BCUT2D eigenvalue weighted by molar-refractivity contribution is 0.268. The molecule has 1 atom stereocenters. The van der Waals surface area contributed by atoms with Crippen LogP contribution in [0.5, 0.6) is 5.75 Å². The Hall–Kier alpha value is -1.81. The van der Waals surface area contributed by atoms with E-state index < -0.39 is 0 Å². The molecule has 0 saturated carbocycles. The Bertz CT molecular complexity index is 497. The van der Waals surface area contributed by atoms with Gasteiger partial charge in [0.2, 0.25) is 0 Å². The van der Waals surface area contributed by atoms with Crippen molar-refractivity contribution in [1.82, 2.24) is 4.90 Å². The van der Waals surface area contributed by atoms with E-state index in [-0.39, 0.29) is 11.7 Å². The number of fused-ring (bicyclic) bond motifs is 1. The number of nitrogens with zero attached hydrogens (tertiary/aromatic N) is 2. The zero-order chi connectivity index (χ0) is 13.8. The van der Waals surface area contributed by atoms with E-state index in [1.165, 1.54) is 0 Å². The van der Waals surface area contributed by atoms with E-state index in [0.717, 1.165) is 31.6 Å². The fourth-order valence-electron chi connectivity index (χ4n) is 2.70.